The molecule has 1 saturated heterocycles. The summed E-state index contributed by atoms with van der Waals surface area (Å²) in [7, 11) is 0. The quantitative estimate of drug-likeness (QED) is 0.480. The van der Waals surface area contributed by atoms with Crippen molar-refractivity contribution in [3.05, 3.63) is 47.5 Å². The lowest BCUT2D eigenvalue weighted by Gasteiger charge is -2.16. The second-order valence-corrected chi connectivity index (χ2v) is 5.22. The van der Waals surface area contributed by atoms with Crippen LogP contribution in [0.15, 0.2) is 36.4 Å². The molecular formula is C16H18N2O2. The van der Waals surface area contributed by atoms with Gasteiger partial charge in [0, 0.05) is 0 Å². The van der Waals surface area contributed by atoms with Gasteiger partial charge < -0.3 is 0 Å². The molecule has 0 saturated carbocycles. The normalized spacial score (nSPS) is 28.3. The van der Waals surface area contributed by atoms with Crippen molar-refractivity contribution in [1.82, 2.24) is 10.0 Å². The molecule has 0 aromatic heterocycles. The van der Waals surface area contributed by atoms with Gasteiger partial charge in [0.25, 0.3) is 11.8 Å². The highest BCUT2D eigenvalue weighted by Crippen LogP contribution is 2.39. The summed E-state index contributed by atoms with van der Waals surface area (Å²) in [5, 5.41) is 3.24. The molecule has 4 nitrogen and oxygen atoms in total. The molecule has 2 aliphatic heterocycles. The minimum atomic E-state index is -0.196. The van der Waals surface area contributed by atoms with E-state index in [0.29, 0.717) is 11.1 Å². The predicted octanol–water partition coefficient (Wildman–Crippen LogP) is 2.63. The highest BCUT2D eigenvalue weighted by atomic mass is 16.2. The molecule has 2 aliphatic rings. The molecule has 3 atom stereocenters. The number of imide groups is 1. The summed E-state index contributed by atoms with van der Waals surface area (Å²) in [6, 6.07) is 7.46. The molecule has 104 valence electrons. The molecule has 4 heteroatoms. The Morgan fingerprint density at radius 3 is 2.25 bits per heavy atom. The predicted molar refractivity (Wildman–Crippen MR) is 76.1 cm³/mol. The number of hydrazine groups is 1. The van der Waals surface area contributed by atoms with Crippen LogP contribution in [-0.2, 0) is 0 Å². The lowest BCUT2D eigenvalue weighted by Crippen LogP contribution is -2.37. The van der Waals surface area contributed by atoms with Crippen LogP contribution in [0.25, 0.3) is 0 Å². The van der Waals surface area contributed by atoms with E-state index in [1.165, 1.54) is 5.01 Å². The maximum atomic E-state index is 12.4. The van der Waals surface area contributed by atoms with Crippen molar-refractivity contribution in [3.8, 4) is 0 Å². The van der Waals surface area contributed by atoms with E-state index in [1.807, 2.05) is 18.0 Å². The molecule has 0 bridgehead atoms. The highest BCUT2D eigenvalue weighted by Gasteiger charge is 2.55. The molecule has 2 heterocycles. The Kier molecular flexibility index (Phi) is 3.18. The van der Waals surface area contributed by atoms with E-state index in [1.54, 1.807) is 24.3 Å². The molecule has 0 spiro atoms. The van der Waals surface area contributed by atoms with E-state index in [9.17, 15) is 9.59 Å². The summed E-state index contributed by atoms with van der Waals surface area (Å²) in [4.78, 5) is 24.9. The Morgan fingerprint density at radius 2 is 1.75 bits per heavy atom. The van der Waals surface area contributed by atoms with Gasteiger partial charge >= 0.3 is 0 Å². The van der Waals surface area contributed by atoms with Crippen molar-refractivity contribution >= 4 is 11.8 Å². The zero-order valence-electron chi connectivity index (χ0n) is 11.7. The number of carbonyl (C=O) groups is 2. The van der Waals surface area contributed by atoms with Crippen molar-refractivity contribution in [1.29, 1.82) is 0 Å². The van der Waals surface area contributed by atoms with E-state index in [4.69, 9.17) is 0 Å². The van der Waals surface area contributed by atoms with Crippen molar-refractivity contribution in [2.24, 2.45) is 0 Å². The second-order valence-electron chi connectivity index (χ2n) is 5.22. The van der Waals surface area contributed by atoms with Gasteiger partial charge in [-0.1, -0.05) is 37.6 Å². The van der Waals surface area contributed by atoms with Gasteiger partial charge in [0.2, 0.25) is 0 Å². The fourth-order valence-electron chi connectivity index (χ4n) is 2.97. The number of hydrogen-bond acceptors (Lipinski definition) is 3. The number of hydrogen-bond donors (Lipinski definition) is 0. The maximum absolute atomic E-state index is 12.4. The van der Waals surface area contributed by atoms with Crippen LogP contribution >= 0.6 is 0 Å². The first-order valence-corrected chi connectivity index (χ1v) is 7.09. The van der Waals surface area contributed by atoms with Gasteiger partial charge in [0.15, 0.2) is 0 Å². The third-order valence-electron chi connectivity index (χ3n) is 3.93. The van der Waals surface area contributed by atoms with E-state index in [0.717, 1.165) is 12.8 Å². The largest absolute Gasteiger partial charge is 0.276 e. The van der Waals surface area contributed by atoms with E-state index >= 15 is 0 Å². The first-order valence-electron chi connectivity index (χ1n) is 7.09. The van der Waals surface area contributed by atoms with E-state index < -0.39 is 0 Å². The lowest BCUT2D eigenvalue weighted by molar-refractivity contribution is 0.0351. The summed E-state index contributed by atoms with van der Waals surface area (Å²) >= 11 is 0. The average molecular weight is 270 g/mol. The Morgan fingerprint density at radius 1 is 1.15 bits per heavy atom. The van der Waals surface area contributed by atoms with Gasteiger partial charge in [-0.2, -0.15) is 5.01 Å². The van der Waals surface area contributed by atoms with Gasteiger partial charge in [-0.05, 0) is 25.5 Å². The SMILES string of the molecule is C/C=C/[C@H]1[C@H](CCC)N1N1C(=O)c2ccccc2C1=O. The van der Waals surface area contributed by atoms with Crippen molar-refractivity contribution < 1.29 is 9.59 Å². The molecule has 20 heavy (non-hydrogen) atoms. The molecule has 0 aliphatic carbocycles. The molecule has 1 aromatic carbocycles. The van der Waals surface area contributed by atoms with Crippen LogP contribution in [-0.4, -0.2) is 33.9 Å². The zero-order chi connectivity index (χ0) is 14.3. The van der Waals surface area contributed by atoms with Gasteiger partial charge in [-0.25, -0.2) is 5.01 Å². The highest BCUT2D eigenvalue weighted by molar-refractivity contribution is 6.21. The van der Waals surface area contributed by atoms with Gasteiger partial charge in [0.05, 0.1) is 23.2 Å². The lowest BCUT2D eigenvalue weighted by atomic mass is 10.1. The number of fused-ring (bicyclic) bond motifs is 1. The van der Waals surface area contributed by atoms with Crippen molar-refractivity contribution in [3.63, 3.8) is 0 Å². The topological polar surface area (TPSA) is 40.4 Å². The van der Waals surface area contributed by atoms with E-state index in [2.05, 4.69) is 13.0 Å². The van der Waals surface area contributed by atoms with Crippen molar-refractivity contribution in [2.45, 2.75) is 38.8 Å². The summed E-state index contributed by atoms with van der Waals surface area (Å²) in [6.07, 6.45) is 6.07. The number of amides is 2. The van der Waals surface area contributed by atoms with Gasteiger partial charge in [-0.3, -0.25) is 9.59 Å². The van der Waals surface area contributed by atoms with Crippen LogP contribution in [0.1, 0.15) is 47.4 Å². The Balaban J connectivity index is 1.90. The summed E-state index contributed by atoms with van der Waals surface area (Å²) in [6.45, 7) is 4.08. The number of allylic oxidation sites excluding steroid dienone is 1. The maximum Gasteiger partial charge on any atom is 0.276 e. The summed E-state index contributed by atoms with van der Waals surface area (Å²) in [5.41, 5.74) is 1.03. The fourth-order valence-corrected chi connectivity index (χ4v) is 2.97. The molecule has 0 N–H and O–H groups in total. The van der Waals surface area contributed by atoms with Crippen LogP contribution in [0.5, 0.6) is 0 Å². The average Bonchev–Trinajstić information content (AvgIpc) is 3.04. The van der Waals surface area contributed by atoms with Crippen LogP contribution in [0, 0.1) is 0 Å². The first kappa shape index (κ1) is 13.1. The third-order valence-corrected chi connectivity index (χ3v) is 3.93. The fraction of sp³-hybridized carbons (Fsp3) is 0.375. The minimum absolute atomic E-state index is 0.169. The minimum Gasteiger partial charge on any atom is -0.267 e. The molecule has 1 aromatic rings. The second kappa shape index (κ2) is 4.87. The van der Waals surface area contributed by atoms with Crippen LogP contribution < -0.4 is 0 Å². The third kappa shape index (κ3) is 1.79. The number of benzene rings is 1. The van der Waals surface area contributed by atoms with Crippen molar-refractivity contribution in [2.75, 3.05) is 0 Å². The number of rotatable bonds is 4. The first-order chi connectivity index (χ1) is 9.70. The van der Waals surface area contributed by atoms with Gasteiger partial charge in [-0.15, -0.1) is 0 Å². The molecule has 1 fully saturated rings. The Hall–Kier alpha value is -1.94. The molecule has 2 amide bonds. The standard InChI is InChI=1S/C16H18N2O2/c1-3-7-13-14(8-4-2)17(13)18-15(19)11-9-5-6-10-12(11)16(18)20/h3,5-7,9-10,13-14H,4,8H2,1-2H3/b7-3+/t13-,14-,17?/m0/s1. The van der Waals surface area contributed by atoms with Crippen LogP contribution in [0.2, 0.25) is 0 Å². The van der Waals surface area contributed by atoms with Gasteiger partial charge in [0.1, 0.15) is 0 Å². The summed E-state index contributed by atoms with van der Waals surface area (Å²) < 4.78 is 0. The van der Waals surface area contributed by atoms with Crippen LogP contribution in [0.4, 0.5) is 0 Å². The summed E-state index contributed by atoms with van der Waals surface area (Å²) in [5.74, 6) is -0.391. The smallest absolute Gasteiger partial charge is 0.267 e. The number of nitrogens with zero attached hydrogens (tertiary/aromatic N) is 2. The Bertz CT molecular complexity index is 559. The molecular weight excluding hydrogens is 252 g/mol. The number of carbonyl (C=O) groups excluding carboxylic acids is 2. The molecule has 1 unspecified atom stereocenters. The van der Waals surface area contributed by atoms with Crippen LogP contribution in [0.3, 0.4) is 0 Å². The molecule has 3 rings (SSSR count). The monoisotopic (exact) mass is 270 g/mol. The Labute approximate surface area is 118 Å². The van der Waals surface area contributed by atoms with E-state index in [-0.39, 0.29) is 23.9 Å². The molecule has 0 radical (unpaired) electrons. The zero-order valence-corrected chi connectivity index (χ0v) is 11.7.